The number of carbonyl (C=O) groups excluding carboxylic acids is 1. The first-order valence-corrected chi connectivity index (χ1v) is 9.03. The molecular formula is C20H24N2O3. The van der Waals surface area contributed by atoms with Gasteiger partial charge in [0.25, 0.3) is 0 Å². The fourth-order valence-electron chi connectivity index (χ4n) is 3.62. The number of rotatable bonds is 3. The molecule has 25 heavy (non-hydrogen) atoms. The van der Waals surface area contributed by atoms with Crippen LogP contribution in [0.1, 0.15) is 18.4 Å². The Kier molecular flexibility index (Phi) is 4.85. The molecule has 5 nitrogen and oxygen atoms in total. The summed E-state index contributed by atoms with van der Waals surface area (Å²) in [6.07, 6.45) is 2.24. The third-order valence-corrected chi connectivity index (χ3v) is 5.02. The van der Waals surface area contributed by atoms with Gasteiger partial charge in [0, 0.05) is 19.7 Å². The normalized spacial score (nSPS) is 23.8. The van der Waals surface area contributed by atoms with Gasteiger partial charge in [0.15, 0.2) is 0 Å². The van der Waals surface area contributed by atoms with Gasteiger partial charge in [-0.3, -0.25) is 0 Å². The van der Waals surface area contributed by atoms with Gasteiger partial charge in [-0.15, -0.1) is 0 Å². The van der Waals surface area contributed by atoms with Crippen LogP contribution in [-0.4, -0.2) is 49.4 Å². The fraction of sp³-hybridized carbons (Fsp3) is 0.450. The highest BCUT2D eigenvalue weighted by atomic mass is 16.5. The number of hydrogen-bond acceptors (Lipinski definition) is 3. The second kappa shape index (κ2) is 7.42. The van der Waals surface area contributed by atoms with Crippen LogP contribution in [0, 0.1) is 0 Å². The van der Waals surface area contributed by atoms with E-state index in [-0.39, 0.29) is 18.2 Å². The second-order valence-electron chi connectivity index (χ2n) is 6.75. The molecule has 2 heterocycles. The molecule has 2 aromatic rings. The third-order valence-electron chi connectivity index (χ3n) is 5.02. The number of fused-ring (bicyclic) bond motifs is 1. The Balaban J connectivity index is 1.34. The fourth-order valence-corrected chi connectivity index (χ4v) is 3.62. The average Bonchev–Trinajstić information content (AvgIpc) is 3.21. The summed E-state index contributed by atoms with van der Waals surface area (Å²) in [5, 5.41) is 5.44. The maximum Gasteiger partial charge on any atom is 0.317 e. The Morgan fingerprint density at radius 1 is 1.08 bits per heavy atom. The van der Waals surface area contributed by atoms with E-state index in [1.165, 1.54) is 10.8 Å². The van der Waals surface area contributed by atoms with Gasteiger partial charge in [0.1, 0.15) is 6.10 Å². The minimum Gasteiger partial charge on any atom is -0.375 e. The van der Waals surface area contributed by atoms with E-state index in [1.54, 1.807) is 0 Å². The highest BCUT2D eigenvalue weighted by molar-refractivity contribution is 5.83. The van der Waals surface area contributed by atoms with Crippen LogP contribution < -0.4 is 5.32 Å². The number of benzene rings is 2. The van der Waals surface area contributed by atoms with Crippen LogP contribution in [0.2, 0.25) is 0 Å². The first-order chi connectivity index (χ1) is 12.3. The van der Waals surface area contributed by atoms with E-state index in [2.05, 4.69) is 35.6 Å². The number of urea groups is 1. The predicted octanol–water partition coefficient (Wildman–Crippen LogP) is 2.93. The number of hydrogen-bond donors (Lipinski definition) is 1. The van der Waals surface area contributed by atoms with E-state index in [0.717, 1.165) is 25.0 Å². The molecular weight excluding hydrogens is 316 g/mol. The number of morpholine rings is 1. The predicted molar refractivity (Wildman–Crippen MR) is 96.5 cm³/mol. The highest BCUT2D eigenvalue weighted by Gasteiger charge is 2.32. The minimum absolute atomic E-state index is 0.00247. The number of nitrogens with zero attached hydrogens (tertiary/aromatic N) is 1. The smallest absolute Gasteiger partial charge is 0.317 e. The molecule has 0 spiro atoms. The monoisotopic (exact) mass is 340 g/mol. The van der Waals surface area contributed by atoms with Crippen LogP contribution in [0.25, 0.3) is 10.8 Å². The first-order valence-electron chi connectivity index (χ1n) is 9.03. The molecule has 5 heteroatoms. The van der Waals surface area contributed by atoms with Gasteiger partial charge >= 0.3 is 6.03 Å². The van der Waals surface area contributed by atoms with Gasteiger partial charge in [0.05, 0.1) is 19.3 Å². The Hall–Kier alpha value is -2.11. The van der Waals surface area contributed by atoms with E-state index < -0.39 is 0 Å². The number of ether oxygens (including phenoxy) is 2. The van der Waals surface area contributed by atoms with E-state index in [9.17, 15) is 4.79 Å². The van der Waals surface area contributed by atoms with Crippen LogP contribution in [-0.2, 0) is 16.0 Å². The molecule has 132 valence electrons. The summed E-state index contributed by atoms with van der Waals surface area (Å²) < 4.78 is 11.5. The Morgan fingerprint density at radius 2 is 1.92 bits per heavy atom. The third kappa shape index (κ3) is 3.78. The van der Waals surface area contributed by atoms with Crippen molar-refractivity contribution < 1.29 is 14.3 Å². The Labute approximate surface area is 147 Å². The molecule has 2 aromatic carbocycles. The van der Waals surface area contributed by atoms with Crippen molar-refractivity contribution in [2.45, 2.75) is 31.6 Å². The maximum atomic E-state index is 12.5. The van der Waals surface area contributed by atoms with Crippen molar-refractivity contribution in [3.8, 4) is 0 Å². The lowest BCUT2D eigenvalue weighted by Crippen LogP contribution is -2.52. The summed E-state index contributed by atoms with van der Waals surface area (Å²) in [6.45, 7) is 3.15. The van der Waals surface area contributed by atoms with Gasteiger partial charge in [0.2, 0.25) is 0 Å². The largest absolute Gasteiger partial charge is 0.375 e. The van der Waals surface area contributed by atoms with Gasteiger partial charge < -0.3 is 19.7 Å². The van der Waals surface area contributed by atoms with Crippen molar-refractivity contribution in [3.05, 3.63) is 48.0 Å². The van der Waals surface area contributed by atoms with Crippen molar-refractivity contribution >= 4 is 16.8 Å². The SMILES string of the molecule is O=C(NCc1ccc2ccccc2c1)N1CCO[C@@H]([C@H]2CCCO2)C1. The molecule has 4 rings (SSSR count). The van der Waals surface area contributed by atoms with Crippen molar-refractivity contribution in [1.29, 1.82) is 0 Å². The zero-order chi connectivity index (χ0) is 17.1. The molecule has 2 atom stereocenters. The molecule has 0 unspecified atom stereocenters. The quantitative estimate of drug-likeness (QED) is 0.935. The standard InChI is InChI=1S/C20H24N2O3/c23-20(22-9-11-25-19(14-22)18-6-3-10-24-18)21-13-15-7-8-16-4-1-2-5-17(16)12-15/h1-2,4-5,7-8,12,18-19H,3,6,9-11,13-14H2,(H,21,23)/t18-,19-/m1/s1. The molecule has 0 aromatic heterocycles. The van der Waals surface area contributed by atoms with Crippen LogP contribution in [0.4, 0.5) is 4.79 Å². The van der Waals surface area contributed by atoms with Crippen molar-refractivity contribution in [2.24, 2.45) is 0 Å². The summed E-state index contributed by atoms with van der Waals surface area (Å²) in [5.74, 6) is 0. The lowest BCUT2D eigenvalue weighted by atomic mass is 10.1. The molecule has 2 fully saturated rings. The van der Waals surface area contributed by atoms with Crippen LogP contribution in [0.15, 0.2) is 42.5 Å². The molecule has 1 N–H and O–H groups in total. The van der Waals surface area contributed by atoms with E-state index >= 15 is 0 Å². The summed E-state index contributed by atoms with van der Waals surface area (Å²) in [7, 11) is 0. The number of nitrogens with one attached hydrogen (secondary N) is 1. The van der Waals surface area contributed by atoms with Crippen LogP contribution in [0.5, 0.6) is 0 Å². The molecule has 2 saturated heterocycles. The van der Waals surface area contributed by atoms with Crippen LogP contribution in [0.3, 0.4) is 0 Å². The lowest BCUT2D eigenvalue weighted by molar-refractivity contribution is -0.0849. The maximum absolute atomic E-state index is 12.5. The van der Waals surface area contributed by atoms with Crippen molar-refractivity contribution in [2.75, 3.05) is 26.3 Å². The Morgan fingerprint density at radius 3 is 2.76 bits per heavy atom. The summed E-state index contributed by atoms with van der Waals surface area (Å²) in [4.78, 5) is 14.4. The average molecular weight is 340 g/mol. The topological polar surface area (TPSA) is 50.8 Å². The summed E-state index contributed by atoms with van der Waals surface area (Å²) in [5.41, 5.74) is 1.11. The number of amides is 2. The summed E-state index contributed by atoms with van der Waals surface area (Å²) >= 11 is 0. The molecule has 0 aliphatic carbocycles. The molecule has 2 aliphatic rings. The summed E-state index contributed by atoms with van der Waals surface area (Å²) in [6, 6.07) is 14.5. The number of carbonyl (C=O) groups is 1. The van der Waals surface area contributed by atoms with E-state index in [1.807, 2.05) is 17.0 Å². The Bertz CT molecular complexity index is 743. The van der Waals surface area contributed by atoms with Crippen molar-refractivity contribution in [1.82, 2.24) is 10.2 Å². The zero-order valence-electron chi connectivity index (χ0n) is 14.3. The van der Waals surface area contributed by atoms with Gasteiger partial charge in [-0.2, -0.15) is 0 Å². The first kappa shape index (κ1) is 16.4. The second-order valence-corrected chi connectivity index (χ2v) is 6.75. The lowest BCUT2D eigenvalue weighted by Gasteiger charge is -2.35. The van der Waals surface area contributed by atoms with Gasteiger partial charge in [-0.05, 0) is 35.2 Å². The van der Waals surface area contributed by atoms with E-state index in [0.29, 0.717) is 26.2 Å². The van der Waals surface area contributed by atoms with Gasteiger partial charge in [-0.25, -0.2) is 4.79 Å². The zero-order valence-corrected chi connectivity index (χ0v) is 14.3. The molecule has 0 saturated carbocycles. The molecule has 0 bridgehead atoms. The van der Waals surface area contributed by atoms with E-state index in [4.69, 9.17) is 9.47 Å². The van der Waals surface area contributed by atoms with Gasteiger partial charge in [-0.1, -0.05) is 36.4 Å². The molecule has 0 radical (unpaired) electrons. The highest BCUT2D eigenvalue weighted by Crippen LogP contribution is 2.21. The minimum atomic E-state index is -0.0283. The molecule has 2 aliphatic heterocycles. The molecule has 2 amide bonds. The van der Waals surface area contributed by atoms with Crippen LogP contribution >= 0.6 is 0 Å². The van der Waals surface area contributed by atoms with Crippen molar-refractivity contribution in [3.63, 3.8) is 0 Å².